The summed E-state index contributed by atoms with van der Waals surface area (Å²) in [5.41, 5.74) is 1.67. The molecule has 0 spiro atoms. The number of carbonyl (C=O) groups excluding carboxylic acids is 1. The first kappa shape index (κ1) is 19.0. The Balaban J connectivity index is 1.47. The molecule has 2 aromatic rings. The fraction of sp³-hybridized carbons (Fsp3) is 0.381. The maximum Gasteiger partial charge on any atom is 0.310 e. The third-order valence-corrected chi connectivity index (χ3v) is 5.19. The molecule has 152 valence electrons. The summed E-state index contributed by atoms with van der Waals surface area (Å²) in [4.78, 5) is 25.3. The smallest absolute Gasteiger partial charge is 0.310 e. The quantitative estimate of drug-likeness (QED) is 0.566. The number of hydrogen-bond donors (Lipinski definition) is 0. The minimum atomic E-state index is -0.507. The van der Waals surface area contributed by atoms with Gasteiger partial charge in [0.25, 0.3) is 5.91 Å². The highest BCUT2D eigenvalue weighted by Crippen LogP contribution is 2.38. The van der Waals surface area contributed by atoms with Gasteiger partial charge in [0.15, 0.2) is 23.9 Å². The Kier molecular flexibility index (Phi) is 5.24. The number of benzene rings is 2. The fourth-order valence-electron chi connectivity index (χ4n) is 3.79. The summed E-state index contributed by atoms with van der Waals surface area (Å²) in [7, 11) is 0. The predicted molar refractivity (Wildman–Crippen MR) is 104 cm³/mol. The van der Waals surface area contributed by atoms with Gasteiger partial charge < -0.3 is 19.1 Å². The first-order chi connectivity index (χ1) is 14.0. The van der Waals surface area contributed by atoms with E-state index in [1.54, 1.807) is 17.0 Å². The van der Waals surface area contributed by atoms with Gasteiger partial charge in [0.2, 0.25) is 0 Å². The Morgan fingerprint density at radius 3 is 2.79 bits per heavy atom. The molecule has 1 fully saturated rings. The van der Waals surface area contributed by atoms with Gasteiger partial charge >= 0.3 is 5.69 Å². The lowest BCUT2D eigenvalue weighted by molar-refractivity contribution is -0.385. The monoisotopic (exact) mass is 398 g/mol. The van der Waals surface area contributed by atoms with Crippen LogP contribution in [0.25, 0.3) is 0 Å². The Labute approximate surface area is 168 Å². The Morgan fingerprint density at radius 2 is 2.00 bits per heavy atom. The average molecular weight is 398 g/mol. The summed E-state index contributed by atoms with van der Waals surface area (Å²) >= 11 is 0. The van der Waals surface area contributed by atoms with Crippen LogP contribution in [0.4, 0.5) is 5.69 Å². The van der Waals surface area contributed by atoms with Crippen molar-refractivity contribution in [3.63, 3.8) is 0 Å². The number of likely N-dealkylation sites (tertiary alicyclic amines) is 1. The van der Waals surface area contributed by atoms with Gasteiger partial charge in [-0.25, -0.2) is 0 Å². The largest absolute Gasteiger partial charge is 0.486 e. The van der Waals surface area contributed by atoms with E-state index in [2.05, 4.69) is 0 Å². The molecule has 0 aliphatic carbocycles. The molecule has 2 aliphatic rings. The van der Waals surface area contributed by atoms with Gasteiger partial charge in [-0.2, -0.15) is 0 Å². The molecule has 8 nitrogen and oxygen atoms in total. The molecule has 1 unspecified atom stereocenters. The van der Waals surface area contributed by atoms with Crippen molar-refractivity contribution >= 4 is 11.6 Å². The van der Waals surface area contributed by atoms with Crippen molar-refractivity contribution in [2.75, 3.05) is 26.4 Å². The summed E-state index contributed by atoms with van der Waals surface area (Å²) in [6.45, 7) is 3.23. The number of nitrogens with zero attached hydrogens (tertiary/aromatic N) is 2. The van der Waals surface area contributed by atoms with E-state index in [1.807, 2.05) is 25.1 Å². The van der Waals surface area contributed by atoms with Crippen LogP contribution in [0.5, 0.6) is 17.2 Å². The van der Waals surface area contributed by atoms with Gasteiger partial charge in [0.1, 0.15) is 13.2 Å². The molecule has 8 heteroatoms. The lowest BCUT2D eigenvalue weighted by Gasteiger charge is -2.26. The molecule has 2 aromatic carbocycles. The number of aryl methyl sites for hydroxylation is 1. The van der Waals surface area contributed by atoms with Crippen molar-refractivity contribution in [1.82, 2.24) is 4.90 Å². The van der Waals surface area contributed by atoms with Crippen LogP contribution in [-0.4, -0.2) is 42.1 Å². The van der Waals surface area contributed by atoms with E-state index < -0.39 is 4.92 Å². The fourth-order valence-corrected chi connectivity index (χ4v) is 3.79. The van der Waals surface area contributed by atoms with Gasteiger partial charge in [-0.15, -0.1) is 0 Å². The van der Waals surface area contributed by atoms with Crippen molar-refractivity contribution < 1.29 is 23.9 Å². The highest BCUT2D eigenvalue weighted by molar-refractivity contribution is 5.79. The minimum absolute atomic E-state index is 0.0746. The van der Waals surface area contributed by atoms with Crippen molar-refractivity contribution in [2.24, 2.45) is 0 Å². The second-order valence-electron chi connectivity index (χ2n) is 7.17. The molecule has 0 bridgehead atoms. The number of amides is 1. The van der Waals surface area contributed by atoms with E-state index in [9.17, 15) is 14.9 Å². The normalized spacial score (nSPS) is 17.8. The number of fused-ring (bicyclic) bond motifs is 1. The molecular formula is C21H22N2O6. The molecule has 1 atom stereocenters. The summed E-state index contributed by atoms with van der Waals surface area (Å²) in [6.07, 6.45) is 1.73. The molecule has 2 heterocycles. The summed E-state index contributed by atoms with van der Waals surface area (Å²) in [6, 6.07) is 10.3. The zero-order valence-corrected chi connectivity index (χ0v) is 16.1. The van der Waals surface area contributed by atoms with Gasteiger partial charge in [-0.1, -0.05) is 12.1 Å². The van der Waals surface area contributed by atoms with Crippen LogP contribution in [-0.2, 0) is 4.79 Å². The number of ether oxygens (including phenoxy) is 3. The highest BCUT2D eigenvalue weighted by atomic mass is 16.6. The molecule has 0 aromatic heterocycles. The molecule has 0 saturated carbocycles. The van der Waals surface area contributed by atoms with E-state index in [0.29, 0.717) is 31.3 Å². The Bertz CT molecular complexity index is 945. The molecule has 29 heavy (non-hydrogen) atoms. The number of nitro groups is 1. The zero-order chi connectivity index (χ0) is 20.4. The number of carbonyl (C=O) groups is 1. The molecular weight excluding hydrogens is 376 g/mol. The van der Waals surface area contributed by atoms with Gasteiger partial charge in [0, 0.05) is 12.6 Å². The molecule has 0 radical (unpaired) electrons. The second kappa shape index (κ2) is 7.98. The Hall–Kier alpha value is -3.29. The van der Waals surface area contributed by atoms with E-state index in [-0.39, 0.29) is 30.0 Å². The maximum atomic E-state index is 12.8. The topological polar surface area (TPSA) is 91.1 Å². The molecule has 1 saturated heterocycles. The molecule has 4 rings (SSSR count). The Morgan fingerprint density at radius 1 is 1.21 bits per heavy atom. The van der Waals surface area contributed by atoms with Crippen LogP contribution < -0.4 is 14.2 Å². The van der Waals surface area contributed by atoms with E-state index in [4.69, 9.17) is 14.2 Å². The number of rotatable bonds is 5. The van der Waals surface area contributed by atoms with Crippen molar-refractivity contribution in [2.45, 2.75) is 25.8 Å². The van der Waals surface area contributed by atoms with Crippen LogP contribution in [0.1, 0.15) is 30.0 Å². The zero-order valence-electron chi connectivity index (χ0n) is 16.1. The average Bonchev–Trinajstić information content (AvgIpc) is 3.21. The SMILES string of the molecule is Cc1ccc([N+](=O)[O-])c(OCC(=O)N2CCCC2c2ccc3c(c2)OCCO3)c1. The van der Waals surface area contributed by atoms with Crippen molar-refractivity contribution in [1.29, 1.82) is 0 Å². The molecule has 0 N–H and O–H groups in total. The molecule has 1 amide bonds. The van der Waals surface area contributed by atoms with Gasteiger partial charge in [-0.05, 0) is 49.1 Å². The van der Waals surface area contributed by atoms with Gasteiger partial charge in [0.05, 0.1) is 11.0 Å². The van der Waals surface area contributed by atoms with Crippen molar-refractivity contribution in [3.05, 3.63) is 57.6 Å². The van der Waals surface area contributed by atoms with E-state index in [0.717, 1.165) is 24.0 Å². The third kappa shape index (κ3) is 3.96. The van der Waals surface area contributed by atoms with Crippen LogP contribution in [0.15, 0.2) is 36.4 Å². The lowest BCUT2D eigenvalue weighted by atomic mass is 10.0. The second-order valence-corrected chi connectivity index (χ2v) is 7.17. The van der Waals surface area contributed by atoms with Crippen molar-refractivity contribution in [3.8, 4) is 17.2 Å². The van der Waals surface area contributed by atoms with Crippen LogP contribution in [0.3, 0.4) is 0 Å². The lowest BCUT2D eigenvalue weighted by Crippen LogP contribution is -2.34. The standard InChI is InChI=1S/C21H22N2O6/c1-14-4-6-17(23(25)26)19(11-14)29-13-21(24)22-8-2-3-16(22)15-5-7-18-20(12-15)28-10-9-27-18/h4-7,11-12,16H,2-3,8-10,13H2,1H3. The summed E-state index contributed by atoms with van der Waals surface area (Å²) in [5, 5.41) is 11.2. The van der Waals surface area contributed by atoms with E-state index in [1.165, 1.54) is 6.07 Å². The van der Waals surface area contributed by atoms with Crippen LogP contribution in [0.2, 0.25) is 0 Å². The number of nitro benzene ring substituents is 1. The van der Waals surface area contributed by atoms with E-state index >= 15 is 0 Å². The molecule has 2 aliphatic heterocycles. The first-order valence-corrected chi connectivity index (χ1v) is 9.60. The van der Waals surface area contributed by atoms with Crippen LogP contribution in [0, 0.1) is 17.0 Å². The number of hydrogen-bond acceptors (Lipinski definition) is 6. The maximum absolute atomic E-state index is 12.8. The third-order valence-electron chi connectivity index (χ3n) is 5.19. The summed E-state index contributed by atoms with van der Waals surface area (Å²) in [5.74, 6) is 1.32. The van der Waals surface area contributed by atoms with Crippen LogP contribution >= 0.6 is 0 Å². The predicted octanol–water partition coefficient (Wildman–Crippen LogP) is 3.42. The first-order valence-electron chi connectivity index (χ1n) is 9.60. The highest BCUT2D eigenvalue weighted by Gasteiger charge is 2.31. The van der Waals surface area contributed by atoms with Gasteiger partial charge in [-0.3, -0.25) is 14.9 Å². The summed E-state index contributed by atoms with van der Waals surface area (Å²) < 4.78 is 16.8. The minimum Gasteiger partial charge on any atom is -0.486 e.